The summed E-state index contributed by atoms with van der Waals surface area (Å²) in [5.41, 5.74) is 6.64. The van der Waals surface area contributed by atoms with E-state index >= 15 is 0 Å². The van der Waals surface area contributed by atoms with Crippen LogP contribution >= 0.6 is 0 Å². The molecule has 0 bridgehead atoms. The van der Waals surface area contributed by atoms with Crippen LogP contribution in [0.15, 0.2) is 36.4 Å². The molecule has 0 aliphatic carbocycles. The number of unbranched alkanes of at least 4 members (excludes halogenated alkanes) is 1. The van der Waals surface area contributed by atoms with Gasteiger partial charge in [-0.15, -0.1) is 0 Å². The average molecular weight is 383 g/mol. The number of nitrogens with zero attached hydrogens (tertiary/aromatic N) is 2. The summed E-state index contributed by atoms with van der Waals surface area (Å²) >= 11 is 0. The lowest BCUT2D eigenvalue weighted by atomic mass is 10.2. The highest BCUT2D eigenvalue weighted by molar-refractivity contribution is 6.00. The number of carbonyl (C=O) groups excluding carboxylic acids is 2. The van der Waals surface area contributed by atoms with Crippen molar-refractivity contribution in [2.45, 2.75) is 19.8 Å². The van der Waals surface area contributed by atoms with E-state index in [1.165, 1.54) is 7.11 Å². The van der Waals surface area contributed by atoms with Gasteiger partial charge >= 0.3 is 0 Å². The number of benzene rings is 2. The number of hydrogen-bond acceptors (Lipinski definition) is 6. The second-order valence-corrected chi connectivity index (χ2v) is 6.00. The molecule has 0 saturated heterocycles. The van der Waals surface area contributed by atoms with Crippen molar-refractivity contribution >= 4 is 22.8 Å². The Hall–Kier alpha value is -3.62. The fourth-order valence-corrected chi connectivity index (χ4v) is 2.49. The molecular weight excluding hydrogens is 362 g/mol. The summed E-state index contributed by atoms with van der Waals surface area (Å²) in [6.07, 6.45) is 1.95. The van der Waals surface area contributed by atoms with E-state index in [-0.39, 0.29) is 0 Å². The van der Waals surface area contributed by atoms with Crippen molar-refractivity contribution in [2.75, 3.05) is 13.7 Å². The Morgan fingerprint density at radius 1 is 0.964 bits per heavy atom. The van der Waals surface area contributed by atoms with Gasteiger partial charge in [0.15, 0.2) is 11.5 Å². The molecule has 0 aliphatic rings. The Bertz CT molecular complexity index is 985. The number of carbonyl (C=O) groups is 2. The van der Waals surface area contributed by atoms with Gasteiger partial charge in [-0.05, 0) is 42.8 Å². The number of aromatic amines is 1. The van der Waals surface area contributed by atoms with Crippen LogP contribution in [0.1, 0.15) is 40.5 Å². The number of hydrazine groups is 1. The molecule has 3 aromatic rings. The van der Waals surface area contributed by atoms with E-state index < -0.39 is 11.8 Å². The van der Waals surface area contributed by atoms with Crippen molar-refractivity contribution in [1.82, 2.24) is 26.3 Å². The monoisotopic (exact) mass is 383 g/mol. The first-order valence-electron chi connectivity index (χ1n) is 8.84. The van der Waals surface area contributed by atoms with Crippen molar-refractivity contribution < 1.29 is 19.1 Å². The van der Waals surface area contributed by atoms with Crippen LogP contribution < -0.4 is 20.3 Å². The Morgan fingerprint density at radius 3 is 2.36 bits per heavy atom. The third-order valence-corrected chi connectivity index (χ3v) is 4.05. The topological polar surface area (TPSA) is 118 Å². The summed E-state index contributed by atoms with van der Waals surface area (Å²) in [6.45, 7) is 2.65. The van der Waals surface area contributed by atoms with E-state index in [9.17, 15) is 9.59 Å². The number of aromatic nitrogens is 3. The van der Waals surface area contributed by atoms with Crippen molar-refractivity contribution in [3.8, 4) is 11.5 Å². The zero-order chi connectivity index (χ0) is 19.9. The van der Waals surface area contributed by atoms with Crippen LogP contribution in [0.2, 0.25) is 0 Å². The molecule has 9 nitrogen and oxygen atoms in total. The lowest BCUT2D eigenvalue weighted by Crippen LogP contribution is -2.41. The lowest BCUT2D eigenvalue weighted by Gasteiger charge is -2.12. The Morgan fingerprint density at radius 2 is 1.64 bits per heavy atom. The van der Waals surface area contributed by atoms with Crippen molar-refractivity contribution in [3.05, 3.63) is 47.5 Å². The van der Waals surface area contributed by atoms with Crippen LogP contribution in [0.5, 0.6) is 11.5 Å². The highest BCUT2D eigenvalue weighted by Crippen LogP contribution is 2.28. The first-order chi connectivity index (χ1) is 13.6. The van der Waals surface area contributed by atoms with Gasteiger partial charge in [-0.2, -0.15) is 15.4 Å². The lowest BCUT2D eigenvalue weighted by molar-refractivity contribution is 0.0846. The molecule has 146 valence electrons. The Kier molecular flexibility index (Phi) is 6.05. The molecular formula is C19H21N5O4. The summed E-state index contributed by atoms with van der Waals surface area (Å²) in [4.78, 5) is 24.6. The molecule has 2 aromatic carbocycles. The summed E-state index contributed by atoms with van der Waals surface area (Å²) in [7, 11) is 1.51. The van der Waals surface area contributed by atoms with E-state index in [1.54, 1.807) is 36.4 Å². The summed E-state index contributed by atoms with van der Waals surface area (Å²) in [6, 6.07) is 9.67. The number of H-pyrrole nitrogens is 1. The smallest absolute Gasteiger partial charge is 0.269 e. The number of nitrogens with one attached hydrogen (secondary N) is 3. The minimum absolute atomic E-state index is 0.326. The Labute approximate surface area is 161 Å². The van der Waals surface area contributed by atoms with Crippen LogP contribution in [0, 0.1) is 0 Å². The van der Waals surface area contributed by atoms with E-state index in [2.05, 4.69) is 33.2 Å². The third-order valence-electron chi connectivity index (χ3n) is 4.05. The van der Waals surface area contributed by atoms with Crippen LogP contribution in [-0.2, 0) is 0 Å². The van der Waals surface area contributed by atoms with Gasteiger partial charge in [0.05, 0.1) is 13.7 Å². The van der Waals surface area contributed by atoms with Gasteiger partial charge in [0.1, 0.15) is 11.0 Å². The van der Waals surface area contributed by atoms with Crippen molar-refractivity contribution in [2.24, 2.45) is 0 Å². The molecule has 2 amide bonds. The van der Waals surface area contributed by atoms with Crippen molar-refractivity contribution in [3.63, 3.8) is 0 Å². The molecule has 3 rings (SSSR count). The number of methoxy groups -OCH3 is 1. The molecule has 0 fully saturated rings. The van der Waals surface area contributed by atoms with Crippen molar-refractivity contribution in [1.29, 1.82) is 0 Å². The molecule has 0 spiro atoms. The molecule has 0 saturated carbocycles. The van der Waals surface area contributed by atoms with Crippen LogP contribution in [-0.4, -0.2) is 40.9 Å². The molecule has 1 aromatic heterocycles. The predicted octanol–water partition coefficient (Wildman–Crippen LogP) is 2.22. The second-order valence-electron chi connectivity index (χ2n) is 6.00. The number of ether oxygens (including phenoxy) is 2. The second kappa shape index (κ2) is 8.85. The number of rotatable bonds is 7. The van der Waals surface area contributed by atoms with Gasteiger partial charge < -0.3 is 9.47 Å². The molecule has 9 heteroatoms. The third kappa shape index (κ3) is 4.37. The van der Waals surface area contributed by atoms with Gasteiger partial charge in [-0.25, -0.2) is 0 Å². The van der Waals surface area contributed by atoms with Gasteiger partial charge in [0.25, 0.3) is 11.8 Å². The van der Waals surface area contributed by atoms with E-state index in [1.807, 2.05) is 0 Å². The van der Waals surface area contributed by atoms with Gasteiger partial charge in [-0.1, -0.05) is 13.3 Å². The molecule has 0 radical (unpaired) electrons. The van der Waals surface area contributed by atoms with Gasteiger partial charge in [-0.3, -0.25) is 20.4 Å². The predicted molar refractivity (Wildman–Crippen MR) is 102 cm³/mol. The average Bonchev–Trinajstić information content (AvgIpc) is 3.20. The molecule has 0 unspecified atom stereocenters. The maximum absolute atomic E-state index is 12.3. The number of amides is 2. The summed E-state index contributed by atoms with van der Waals surface area (Å²) in [5, 5.41) is 10.3. The van der Waals surface area contributed by atoms with Gasteiger partial charge in [0, 0.05) is 11.1 Å². The largest absolute Gasteiger partial charge is 0.493 e. The highest BCUT2D eigenvalue weighted by atomic mass is 16.5. The molecule has 1 heterocycles. The first-order valence-corrected chi connectivity index (χ1v) is 8.84. The number of hydrogen-bond donors (Lipinski definition) is 3. The minimum Gasteiger partial charge on any atom is -0.493 e. The van der Waals surface area contributed by atoms with E-state index in [0.29, 0.717) is 40.3 Å². The molecule has 28 heavy (non-hydrogen) atoms. The maximum atomic E-state index is 12.3. The normalized spacial score (nSPS) is 10.5. The van der Waals surface area contributed by atoms with Crippen LogP contribution in [0.4, 0.5) is 0 Å². The van der Waals surface area contributed by atoms with Gasteiger partial charge in [0.2, 0.25) is 0 Å². The standard InChI is InChI=1S/C19H21N5O4/c1-3-4-9-28-16-8-6-13(11-17(16)27-2)19(26)23-22-18(25)12-5-7-14-15(10-12)21-24-20-14/h5-8,10-11H,3-4,9H2,1-2H3,(H,22,25)(H,23,26)(H,20,21,24). The SMILES string of the molecule is CCCCOc1ccc(C(=O)NNC(=O)c2ccc3n[nH]nc3c2)cc1OC. The van der Waals surface area contributed by atoms with Crippen LogP contribution in [0.3, 0.4) is 0 Å². The van der Waals surface area contributed by atoms with E-state index in [0.717, 1.165) is 12.8 Å². The fourth-order valence-electron chi connectivity index (χ4n) is 2.49. The Balaban J connectivity index is 1.62. The zero-order valence-corrected chi connectivity index (χ0v) is 15.6. The van der Waals surface area contributed by atoms with Crippen LogP contribution in [0.25, 0.3) is 11.0 Å². The maximum Gasteiger partial charge on any atom is 0.269 e. The molecule has 0 aliphatic heterocycles. The fraction of sp³-hybridized carbons (Fsp3) is 0.263. The highest BCUT2D eigenvalue weighted by Gasteiger charge is 2.13. The number of fused-ring (bicyclic) bond motifs is 1. The summed E-state index contributed by atoms with van der Waals surface area (Å²) in [5.74, 6) is 0.0722. The molecule has 0 atom stereocenters. The molecule has 3 N–H and O–H groups in total. The zero-order valence-electron chi connectivity index (χ0n) is 15.6. The first kappa shape index (κ1) is 19.2. The minimum atomic E-state index is -0.478. The van der Waals surface area contributed by atoms with E-state index in [4.69, 9.17) is 9.47 Å². The summed E-state index contributed by atoms with van der Waals surface area (Å²) < 4.78 is 10.9. The quantitative estimate of drug-likeness (QED) is 0.425.